The first kappa shape index (κ1) is 28.6. The fraction of sp³-hybridized carbons (Fsp3) is 0.700. The number of carbonyl (C=O) groups is 3. The van der Waals surface area contributed by atoms with Crippen molar-refractivity contribution in [2.45, 2.75) is 109 Å². The molecule has 1 aromatic carbocycles. The van der Waals surface area contributed by atoms with Crippen LogP contribution in [0.15, 0.2) is 30.3 Å². The fourth-order valence-corrected chi connectivity index (χ4v) is 7.67. The molecule has 210 valence electrons. The molecule has 4 rings (SSSR count). The van der Waals surface area contributed by atoms with E-state index >= 15 is 0 Å². The Hall–Kier alpha value is -2.45. The van der Waals surface area contributed by atoms with Crippen molar-refractivity contribution in [1.29, 1.82) is 0 Å². The molecule has 3 amide bonds. The average Bonchev–Trinajstić information content (AvgIpc) is 3.42. The van der Waals surface area contributed by atoms with E-state index in [1.54, 1.807) is 4.90 Å². The molecule has 8 heteroatoms. The maximum atomic E-state index is 14.2. The Balaban J connectivity index is 1.75. The summed E-state index contributed by atoms with van der Waals surface area (Å²) in [5, 5.41) is 16.5. The highest BCUT2D eigenvalue weighted by molar-refractivity contribution is 6.02. The van der Waals surface area contributed by atoms with E-state index in [-0.39, 0.29) is 29.7 Å². The Bertz CT molecular complexity index is 1060. The lowest BCUT2D eigenvalue weighted by molar-refractivity contribution is -0.151. The Morgan fingerprint density at radius 3 is 2.32 bits per heavy atom. The number of nitrogens with zero attached hydrogens (tertiary/aromatic N) is 1. The number of rotatable bonds is 9. The Labute approximate surface area is 226 Å². The van der Waals surface area contributed by atoms with E-state index in [4.69, 9.17) is 4.74 Å². The Morgan fingerprint density at radius 2 is 1.76 bits per heavy atom. The van der Waals surface area contributed by atoms with Crippen LogP contribution in [0.5, 0.6) is 0 Å². The van der Waals surface area contributed by atoms with Gasteiger partial charge in [-0.15, -0.1) is 0 Å². The SMILES string of the molecule is CC[C@@H](CO)N1C(=O)[C@@H]2[C@H](C(=O)Nc3ccccc3)[C@]3(CC)CCC2(O3)C1C(=O)NC(C)(C)CC(C)(C)C. The third-order valence-electron chi connectivity index (χ3n) is 8.70. The number of carbonyl (C=O) groups excluding carboxylic acids is 3. The summed E-state index contributed by atoms with van der Waals surface area (Å²) in [6.07, 6.45) is 2.90. The van der Waals surface area contributed by atoms with Crippen molar-refractivity contribution >= 4 is 23.4 Å². The minimum Gasteiger partial charge on any atom is -0.394 e. The van der Waals surface area contributed by atoms with E-state index in [1.165, 1.54) is 0 Å². The smallest absolute Gasteiger partial charge is 0.246 e. The van der Waals surface area contributed by atoms with Gasteiger partial charge in [0.1, 0.15) is 11.6 Å². The monoisotopic (exact) mass is 527 g/mol. The number of benzene rings is 1. The van der Waals surface area contributed by atoms with Gasteiger partial charge in [0.15, 0.2) is 0 Å². The summed E-state index contributed by atoms with van der Waals surface area (Å²) in [5.41, 5.74) is -1.82. The molecular weight excluding hydrogens is 482 g/mol. The number of hydrogen-bond acceptors (Lipinski definition) is 5. The summed E-state index contributed by atoms with van der Waals surface area (Å²) in [6, 6.07) is 7.74. The lowest BCUT2D eigenvalue weighted by Gasteiger charge is -2.40. The van der Waals surface area contributed by atoms with E-state index in [9.17, 15) is 19.5 Å². The second-order valence-corrected chi connectivity index (χ2v) is 13.3. The van der Waals surface area contributed by atoms with Crippen molar-refractivity contribution in [1.82, 2.24) is 10.2 Å². The van der Waals surface area contributed by atoms with Gasteiger partial charge in [0.05, 0.1) is 30.1 Å². The topological polar surface area (TPSA) is 108 Å². The third-order valence-corrected chi connectivity index (χ3v) is 8.70. The number of anilines is 1. The van der Waals surface area contributed by atoms with Crippen LogP contribution >= 0.6 is 0 Å². The van der Waals surface area contributed by atoms with Gasteiger partial charge in [-0.1, -0.05) is 52.8 Å². The molecule has 0 aromatic heterocycles. The number of fused-ring (bicyclic) bond motifs is 1. The maximum Gasteiger partial charge on any atom is 0.246 e. The zero-order valence-electron chi connectivity index (χ0n) is 24.0. The van der Waals surface area contributed by atoms with E-state index < -0.39 is 40.7 Å². The van der Waals surface area contributed by atoms with Gasteiger partial charge in [-0.2, -0.15) is 0 Å². The predicted molar refractivity (Wildman–Crippen MR) is 146 cm³/mol. The van der Waals surface area contributed by atoms with Crippen molar-refractivity contribution in [2.24, 2.45) is 17.3 Å². The molecular formula is C30H45N3O5. The number of aliphatic hydroxyl groups is 1. The van der Waals surface area contributed by atoms with Crippen LogP contribution in [0.3, 0.4) is 0 Å². The molecule has 3 fully saturated rings. The predicted octanol–water partition coefficient (Wildman–Crippen LogP) is 3.88. The first-order valence-corrected chi connectivity index (χ1v) is 14.1. The molecule has 3 saturated heterocycles. The van der Waals surface area contributed by atoms with Crippen molar-refractivity contribution < 1.29 is 24.2 Å². The van der Waals surface area contributed by atoms with Crippen LogP contribution in [0.1, 0.15) is 80.6 Å². The van der Waals surface area contributed by atoms with Gasteiger partial charge in [0, 0.05) is 11.2 Å². The highest BCUT2D eigenvalue weighted by atomic mass is 16.5. The van der Waals surface area contributed by atoms with Crippen LogP contribution in [0.4, 0.5) is 5.69 Å². The van der Waals surface area contributed by atoms with Crippen LogP contribution in [-0.2, 0) is 19.1 Å². The van der Waals surface area contributed by atoms with E-state index in [1.807, 2.05) is 58.0 Å². The van der Waals surface area contributed by atoms with Gasteiger partial charge in [0.2, 0.25) is 17.7 Å². The average molecular weight is 528 g/mol. The molecule has 8 nitrogen and oxygen atoms in total. The molecule has 3 heterocycles. The highest BCUT2D eigenvalue weighted by Crippen LogP contribution is 2.64. The summed E-state index contributed by atoms with van der Waals surface area (Å²) in [4.78, 5) is 43.8. The summed E-state index contributed by atoms with van der Waals surface area (Å²) in [7, 11) is 0. The quantitative estimate of drug-likeness (QED) is 0.452. The molecule has 2 unspecified atom stereocenters. The third kappa shape index (κ3) is 4.75. The number of hydrogen-bond donors (Lipinski definition) is 3. The second-order valence-electron chi connectivity index (χ2n) is 13.3. The number of amides is 3. The molecule has 1 spiro atoms. The number of aliphatic hydroxyl groups excluding tert-OH is 1. The van der Waals surface area contributed by atoms with Crippen LogP contribution in [0.2, 0.25) is 0 Å². The summed E-state index contributed by atoms with van der Waals surface area (Å²) in [5.74, 6) is -2.33. The van der Waals surface area contributed by atoms with Gasteiger partial charge >= 0.3 is 0 Å². The lowest BCUT2D eigenvalue weighted by atomic mass is 9.65. The zero-order valence-corrected chi connectivity index (χ0v) is 24.0. The second kappa shape index (κ2) is 9.94. The van der Waals surface area contributed by atoms with Gasteiger partial charge < -0.3 is 25.4 Å². The first-order chi connectivity index (χ1) is 17.7. The van der Waals surface area contributed by atoms with Crippen LogP contribution < -0.4 is 10.6 Å². The van der Waals surface area contributed by atoms with E-state index in [2.05, 4.69) is 31.4 Å². The molecule has 3 N–H and O–H groups in total. The minimum atomic E-state index is -1.11. The summed E-state index contributed by atoms with van der Waals surface area (Å²) >= 11 is 0. The largest absolute Gasteiger partial charge is 0.394 e. The minimum absolute atomic E-state index is 0.0188. The van der Waals surface area contributed by atoms with Crippen LogP contribution in [-0.4, -0.2) is 63.2 Å². The molecule has 2 bridgehead atoms. The highest BCUT2D eigenvalue weighted by Gasteiger charge is 2.79. The van der Waals surface area contributed by atoms with Crippen molar-refractivity contribution in [3.05, 3.63) is 30.3 Å². The standard InChI is InChI=1S/C30H45N3O5/c1-8-20(17-34)33-23(25(36)32-28(6,7)18-27(3,4)5)30-16-15-29(9-2,38-30)21(22(30)26(33)37)24(35)31-19-13-11-10-12-14-19/h10-14,20-23,34H,8-9,15-18H2,1-7H3,(H,31,35)(H,32,36)/t20-,21+,22-,23?,29-,30?/m0/s1. The van der Waals surface area contributed by atoms with Gasteiger partial charge in [0.25, 0.3) is 0 Å². The number of nitrogens with one attached hydrogen (secondary N) is 2. The van der Waals surface area contributed by atoms with Crippen molar-refractivity contribution in [2.75, 3.05) is 11.9 Å². The molecule has 0 saturated carbocycles. The van der Waals surface area contributed by atoms with Crippen molar-refractivity contribution in [3.8, 4) is 0 Å². The number of para-hydroxylation sites is 1. The molecule has 0 radical (unpaired) electrons. The molecule has 6 atom stereocenters. The number of ether oxygens (including phenoxy) is 1. The lowest BCUT2D eigenvalue weighted by Crippen LogP contribution is -2.61. The Kier molecular flexibility index (Phi) is 7.47. The molecule has 1 aromatic rings. The summed E-state index contributed by atoms with van der Waals surface area (Å²) < 4.78 is 6.82. The number of likely N-dealkylation sites (tertiary alicyclic amines) is 1. The summed E-state index contributed by atoms with van der Waals surface area (Å²) in [6.45, 7) is 14.0. The first-order valence-electron chi connectivity index (χ1n) is 14.1. The van der Waals surface area contributed by atoms with Crippen molar-refractivity contribution in [3.63, 3.8) is 0 Å². The molecule has 3 aliphatic heterocycles. The molecule has 3 aliphatic rings. The van der Waals surface area contributed by atoms with Gasteiger partial charge in [-0.05, 0) is 63.5 Å². The zero-order chi connectivity index (χ0) is 28.1. The van der Waals surface area contributed by atoms with Crippen LogP contribution in [0, 0.1) is 17.3 Å². The Morgan fingerprint density at radius 1 is 1.11 bits per heavy atom. The van der Waals surface area contributed by atoms with E-state index in [0.717, 1.165) is 6.42 Å². The molecule has 0 aliphatic carbocycles. The van der Waals surface area contributed by atoms with Crippen LogP contribution in [0.25, 0.3) is 0 Å². The fourth-order valence-electron chi connectivity index (χ4n) is 7.67. The normalized spacial score (nSPS) is 31.3. The van der Waals surface area contributed by atoms with Gasteiger partial charge in [-0.25, -0.2) is 0 Å². The van der Waals surface area contributed by atoms with Gasteiger partial charge in [-0.3, -0.25) is 14.4 Å². The maximum absolute atomic E-state index is 14.2. The molecule has 38 heavy (non-hydrogen) atoms. The van der Waals surface area contributed by atoms with E-state index in [0.29, 0.717) is 31.4 Å².